The van der Waals surface area contributed by atoms with Gasteiger partial charge in [0, 0.05) is 37.0 Å². The molecule has 26 heavy (non-hydrogen) atoms. The van der Waals surface area contributed by atoms with Crippen LogP contribution in [0.15, 0.2) is 29.2 Å². The first-order valence-electron chi connectivity index (χ1n) is 9.47. The monoisotopic (exact) mass is 376 g/mol. The summed E-state index contributed by atoms with van der Waals surface area (Å²) in [6.45, 7) is 5.16. The Morgan fingerprint density at radius 2 is 1.65 bits per heavy atom. The SMILES string of the molecule is COc1ccc(S[C@@H](C)C(=O)N2CCC(C(=O)N3CCCC3)CC2)cc1. The van der Waals surface area contributed by atoms with Crippen molar-refractivity contribution in [3.05, 3.63) is 24.3 Å². The van der Waals surface area contributed by atoms with E-state index in [1.54, 1.807) is 18.9 Å². The average molecular weight is 377 g/mol. The zero-order valence-electron chi connectivity index (χ0n) is 15.6. The molecule has 2 aliphatic heterocycles. The van der Waals surface area contributed by atoms with Gasteiger partial charge in [-0.2, -0.15) is 0 Å². The maximum atomic E-state index is 12.7. The summed E-state index contributed by atoms with van der Waals surface area (Å²) in [5.74, 6) is 1.38. The molecule has 0 spiro atoms. The minimum absolute atomic E-state index is 0.0988. The van der Waals surface area contributed by atoms with Crippen molar-refractivity contribution < 1.29 is 14.3 Å². The number of carbonyl (C=O) groups is 2. The van der Waals surface area contributed by atoms with E-state index in [2.05, 4.69) is 0 Å². The third-order valence-corrected chi connectivity index (χ3v) is 6.39. The van der Waals surface area contributed by atoms with Gasteiger partial charge in [-0.3, -0.25) is 9.59 Å². The molecule has 1 aromatic rings. The number of benzene rings is 1. The molecular formula is C20H28N2O3S. The summed E-state index contributed by atoms with van der Waals surface area (Å²) in [6, 6.07) is 7.78. The number of likely N-dealkylation sites (tertiary alicyclic amines) is 2. The molecule has 1 aromatic carbocycles. The van der Waals surface area contributed by atoms with Crippen LogP contribution in [0.4, 0.5) is 0 Å². The van der Waals surface area contributed by atoms with Gasteiger partial charge in [0.15, 0.2) is 0 Å². The number of hydrogen-bond acceptors (Lipinski definition) is 4. The second-order valence-corrected chi connectivity index (χ2v) is 8.48. The Balaban J connectivity index is 1.48. The van der Waals surface area contributed by atoms with Crippen molar-refractivity contribution in [2.45, 2.75) is 42.8 Å². The fraction of sp³-hybridized carbons (Fsp3) is 0.600. The first kappa shape index (κ1) is 19.1. The molecule has 0 N–H and O–H groups in total. The normalized spacial score (nSPS) is 19.5. The van der Waals surface area contributed by atoms with E-state index in [-0.39, 0.29) is 17.1 Å². The molecule has 0 unspecified atom stereocenters. The van der Waals surface area contributed by atoms with Crippen LogP contribution in [0.1, 0.15) is 32.6 Å². The quantitative estimate of drug-likeness (QED) is 0.741. The van der Waals surface area contributed by atoms with E-state index < -0.39 is 0 Å². The lowest BCUT2D eigenvalue weighted by molar-refractivity contribution is -0.139. The topological polar surface area (TPSA) is 49.9 Å². The van der Waals surface area contributed by atoms with Gasteiger partial charge >= 0.3 is 0 Å². The van der Waals surface area contributed by atoms with E-state index in [4.69, 9.17) is 4.74 Å². The molecule has 5 nitrogen and oxygen atoms in total. The van der Waals surface area contributed by atoms with Crippen molar-refractivity contribution in [3.63, 3.8) is 0 Å². The van der Waals surface area contributed by atoms with Crippen molar-refractivity contribution in [3.8, 4) is 5.75 Å². The van der Waals surface area contributed by atoms with Crippen molar-refractivity contribution >= 4 is 23.6 Å². The number of piperidine rings is 1. The smallest absolute Gasteiger partial charge is 0.235 e. The van der Waals surface area contributed by atoms with Crippen LogP contribution in [0.25, 0.3) is 0 Å². The van der Waals surface area contributed by atoms with Crippen LogP contribution in [-0.2, 0) is 9.59 Å². The number of hydrogen-bond donors (Lipinski definition) is 0. The van der Waals surface area contributed by atoms with Crippen LogP contribution in [0, 0.1) is 5.92 Å². The summed E-state index contributed by atoms with van der Waals surface area (Å²) in [7, 11) is 1.65. The van der Waals surface area contributed by atoms with E-state index in [9.17, 15) is 9.59 Å². The predicted octanol–water partition coefficient (Wildman–Crippen LogP) is 3.04. The fourth-order valence-electron chi connectivity index (χ4n) is 3.71. The summed E-state index contributed by atoms with van der Waals surface area (Å²) in [5.41, 5.74) is 0. The van der Waals surface area contributed by atoms with Crippen LogP contribution in [0.2, 0.25) is 0 Å². The van der Waals surface area contributed by atoms with Crippen LogP contribution in [0.3, 0.4) is 0 Å². The third-order valence-electron chi connectivity index (χ3n) is 5.29. The van der Waals surface area contributed by atoms with Crippen molar-refractivity contribution in [2.75, 3.05) is 33.3 Å². The summed E-state index contributed by atoms with van der Waals surface area (Å²) in [5, 5.41) is -0.130. The summed E-state index contributed by atoms with van der Waals surface area (Å²) >= 11 is 1.57. The number of carbonyl (C=O) groups excluding carboxylic acids is 2. The summed E-state index contributed by atoms with van der Waals surface area (Å²) in [4.78, 5) is 30.2. The Kier molecular flexibility index (Phi) is 6.46. The van der Waals surface area contributed by atoms with Gasteiger partial charge < -0.3 is 14.5 Å². The van der Waals surface area contributed by atoms with Gasteiger partial charge in [0.25, 0.3) is 0 Å². The van der Waals surface area contributed by atoms with Gasteiger partial charge in [-0.15, -0.1) is 11.8 Å². The number of rotatable bonds is 5. The van der Waals surface area contributed by atoms with Gasteiger partial charge in [0.2, 0.25) is 11.8 Å². The lowest BCUT2D eigenvalue weighted by Crippen LogP contribution is -2.45. The molecule has 1 atom stereocenters. The minimum atomic E-state index is -0.130. The fourth-order valence-corrected chi connectivity index (χ4v) is 4.66. The number of nitrogens with zero attached hydrogens (tertiary/aromatic N) is 2. The Bertz CT molecular complexity index is 620. The predicted molar refractivity (Wildman–Crippen MR) is 103 cm³/mol. The Labute approximate surface area is 160 Å². The average Bonchev–Trinajstić information content (AvgIpc) is 3.22. The molecule has 0 saturated carbocycles. The molecule has 142 valence electrons. The maximum absolute atomic E-state index is 12.7. The zero-order valence-corrected chi connectivity index (χ0v) is 16.5. The first-order chi connectivity index (χ1) is 12.6. The first-order valence-corrected chi connectivity index (χ1v) is 10.3. The van der Waals surface area contributed by atoms with Gasteiger partial charge in [-0.05, 0) is 56.9 Å². The molecule has 2 heterocycles. The number of amides is 2. The van der Waals surface area contributed by atoms with Gasteiger partial charge in [0.05, 0.1) is 12.4 Å². The highest BCUT2D eigenvalue weighted by atomic mass is 32.2. The van der Waals surface area contributed by atoms with Gasteiger partial charge in [-0.1, -0.05) is 0 Å². The van der Waals surface area contributed by atoms with Gasteiger partial charge in [-0.25, -0.2) is 0 Å². The largest absolute Gasteiger partial charge is 0.497 e. The highest BCUT2D eigenvalue weighted by Crippen LogP contribution is 2.28. The van der Waals surface area contributed by atoms with Crippen LogP contribution >= 0.6 is 11.8 Å². The zero-order chi connectivity index (χ0) is 18.5. The molecule has 2 saturated heterocycles. The number of methoxy groups -OCH3 is 1. The van der Waals surface area contributed by atoms with E-state index >= 15 is 0 Å². The summed E-state index contributed by atoms with van der Waals surface area (Å²) in [6.07, 6.45) is 3.84. The lowest BCUT2D eigenvalue weighted by Gasteiger charge is -2.34. The van der Waals surface area contributed by atoms with E-state index in [1.165, 1.54) is 0 Å². The lowest BCUT2D eigenvalue weighted by atomic mass is 9.95. The summed E-state index contributed by atoms with van der Waals surface area (Å²) < 4.78 is 5.17. The molecule has 0 radical (unpaired) electrons. The van der Waals surface area contributed by atoms with Crippen LogP contribution < -0.4 is 4.74 Å². The van der Waals surface area contributed by atoms with Crippen molar-refractivity contribution in [1.29, 1.82) is 0 Å². The van der Waals surface area contributed by atoms with Gasteiger partial charge in [0.1, 0.15) is 5.75 Å². The Morgan fingerprint density at radius 1 is 1.04 bits per heavy atom. The molecule has 0 bridgehead atoms. The second kappa shape index (κ2) is 8.80. The van der Waals surface area contributed by atoms with E-state index in [0.717, 1.165) is 49.4 Å². The molecule has 2 amide bonds. The molecule has 2 aliphatic rings. The Hall–Kier alpha value is -1.69. The maximum Gasteiger partial charge on any atom is 0.235 e. The van der Waals surface area contributed by atoms with Crippen molar-refractivity contribution in [1.82, 2.24) is 9.80 Å². The second-order valence-electron chi connectivity index (χ2n) is 7.07. The minimum Gasteiger partial charge on any atom is -0.497 e. The number of thioether (sulfide) groups is 1. The number of ether oxygens (including phenoxy) is 1. The van der Waals surface area contributed by atoms with Crippen molar-refractivity contribution in [2.24, 2.45) is 5.92 Å². The van der Waals surface area contributed by atoms with Crippen LogP contribution in [0.5, 0.6) is 5.75 Å². The third kappa shape index (κ3) is 4.53. The van der Waals surface area contributed by atoms with Crippen LogP contribution in [-0.4, -0.2) is 60.2 Å². The van der Waals surface area contributed by atoms with E-state index in [1.807, 2.05) is 41.0 Å². The molecule has 6 heteroatoms. The molecule has 0 aliphatic carbocycles. The van der Waals surface area contributed by atoms with E-state index in [0.29, 0.717) is 19.0 Å². The highest BCUT2D eigenvalue weighted by molar-refractivity contribution is 8.00. The molecule has 0 aromatic heterocycles. The standard InChI is InChI=1S/C20H28N2O3S/c1-15(26-18-7-5-17(25-2)6-8-18)19(23)22-13-9-16(10-14-22)20(24)21-11-3-4-12-21/h5-8,15-16H,3-4,9-14H2,1-2H3/t15-/m0/s1. The Morgan fingerprint density at radius 3 is 2.23 bits per heavy atom. The molecule has 3 rings (SSSR count). The molecular weight excluding hydrogens is 348 g/mol. The molecule has 2 fully saturated rings. The highest BCUT2D eigenvalue weighted by Gasteiger charge is 2.32.